The largest absolute Gasteiger partial charge is 0.494 e. The summed E-state index contributed by atoms with van der Waals surface area (Å²) in [6.07, 6.45) is 0. The second-order valence-electron chi connectivity index (χ2n) is 5.40. The monoisotopic (exact) mass is 346 g/mol. The van der Waals surface area contributed by atoms with Crippen LogP contribution in [0.4, 0.5) is 15.9 Å². The summed E-state index contributed by atoms with van der Waals surface area (Å²) in [6, 6.07) is 10.5. The van der Waals surface area contributed by atoms with Gasteiger partial charge in [0.2, 0.25) is 0 Å². The van der Waals surface area contributed by atoms with E-state index in [1.165, 1.54) is 13.2 Å². The van der Waals surface area contributed by atoms with Crippen LogP contribution in [0.1, 0.15) is 5.69 Å². The van der Waals surface area contributed by atoms with Gasteiger partial charge in [-0.25, -0.2) is 9.37 Å². The number of nitriles is 1. The number of benzene rings is 1. The van der Waals surface area contributed by atoms with E-state index in [1.807, 2.05) is 18.2 Å². The fraction of sp³-hybridized carbons (Fsp3) is 0.294. The van der Waals surface area contributed by atoms with Gasteiger partial charge >= 0.3 is 0 Å². The first-order valence-electron chi connectivity index (χ1n) is 7.52. The smallest absolute Gasteiger partial charge is 0.167 e. The van der Waals surface area contributed by atoms with Gasteiger partial charge < -0.3 is 14.5 Å². The molecule has 5 nitrogen and oxygen atoms in total. The van der Waals surface area contributed by atoms with Gasteiger partial charge in [-0.1, -0.05) is 11.6 Å². The van der Waals surface area contributed by atoms with Crippen LogP contribution in [-0.2, 0) is 0 Å². The normalized spacial score (nSPS) is 14.4. The van der Waals surface area contributed by atoms with Gasteiger partial charge in [-0.2, -0.15) is 5.26 Å². The molecule has 1 saturated heterocycles. The summed E-state index contributed by atoms with van der Waals surface area (Å²) in [6.45, 7) is 2.93. The van der Waals surface area contributed by atoms with Crippen molar-refractivity contribution in [2.24, 2.45) is 0 Å². The minimum atomic E-state index is -0.365. The van der Waals surface area contributed by atoms with Crippen LogP contribution in [0.15, 0.2) is 30.3 Å². The molecule has 2 aromatic rings. The standard InChI is InChI=1S/C17H16ClFN4O/c1-24-16-4-2-12(10-14(16)19)22-6-8-23(9-7-22)17-5-3-13(18)15(11-20)21-17/h2-5,10H,6-9H2,1H3. The molecule has 0 amide bonds. The molecule has 1 aromatic heterocycles. The van der Waals surface area contributed by atoms with E-state index in [-0.39, 0.29) is 17.3 Å². The summed E-state index contributed by atoms with van der Waals surface area (Å²) in [5, 5.41) is 9.39. The molecule has 0 radical (unpaired) electrons. The van der Waals surface area contributed by atoms with Crippen LogP contribution in [0.5, 0.6) is 5.75 Å². The molecule has 3 rings (SSSR count). The zero-order valence-electron chi connectivity index (χ0n) is 13.2. The zero-order valence-corrected chi connectivity index (χ0v) is 13.9. The Morgan fingerprint density at radius 3 is 2.50 bits per heavy atom. The highest BCUT2D eigenvalue weighted by Gasteiger charge is 2.20. The van der Waals surface area contributed by atoms with Crippen LogP contribution in [0.2, 0.25) is 5.02 Å². The van der Waals surface area contributed by atoms with Gasteiger partial charge in [-0.05, 0) is 24.3 Å². The number of methoxy groups -OCH3 is 1. The van der Waals surface area contributed by atoms with Gasteiger partial charge in [-0.3, -0.25) is 0 Å². The van der Waals surface area contributed by atoms with Crippen LogP contribution >= 0.6 is 11.6 Å². The number of hydrogen-bond donors (Lipinski definition) is 0. The van der Waals surface area contributed by atoms with Gasteiger partial charge in [0.05, 0.1) is 12.1 Å². The molecular formula is C17H16ClFN4O. The maximum absolute atomic E-state index is 13.9. The Bertz CT molecular complexity index is 785. The third-order valence-corrected chi connectivity index (χ3v) is 4.35. The lowest BCUT2D eigenvalue weighted by atomic mass is 10.2. The van der Waals surface area contributed by atoms with Crippen molar-refractivity contribution in [3.63, 3.8) is 0 Å². The Balaban J connectivity index is 1.70. The summed E-state index contributed by atoms with van der Waals surface area (Å²) < 4.78 is 18.8. The molecule has 124 valence electrons. The van der Waals surface area contributed by atoms with E-state index in [1.54, 1.807) is 12.1 Å². The first kappa shape index (κ1) is 16.3. The second-order valence-corrected chi connectivity index (χ2v) is 5.81. The second kappa shape index (κ2) is 6.93. The van der Waals surface area contributed by atoms with Crippen LogP contribution in [-0.4, -0.2) is 38.3 Å². The molecule has 1 aliphatic rings. The molecule has 1 aromatic carbocycles. The Labute approximate surface area is 144 Å². The number of piperazine rings is 1. The fourth-order valence-electron chi connectivity index (χ4n) is 2.73. The third kappa shape index (κ3) is 3.22. The highest BCUT2D eigenvalue weighted by Crippen LogP contribution is 2.25. The molecule has 0 unspecified atom stereocenters. The predicted octanol–water partition coefficient (Wildman–Crippen LogP) is 3.08. The van der Waals surface area contributed by atoms with E-state index in [4.69, 9.17) is 21.6 Å². The molecule has 7 heteroatoms. The van der Waals surface area contributed by atoms with Gasteiger partial charge in [0.25, 0.3) is 0 Å². The molecule has 0 saturated carbocycles. The van der Waals surface area contributed by atoms with E-state index in [9.17, 15) is 4.39 Å². The van der Waals surface area contributed by atoms with E-state index in [0.717, 1.165) is 37.7 Å². The third-order valence-electron chi connectivity index (χ3n) is 4.04. The fourth-order valence-corrected chi connectivity index (χ4v) is 2.88. The summed E-state index contributed by atoms with van der Waals surface area (Å²) in [4.78, 5) is 8.49. The summed E-state index contributed by atoms with van der Waals surface area (Å²) in [5.74, 6) is 0.610. The number of rotatable bonds is 3. The molecule has 24 heavy (non-hydrogen) atoms. The van der Waals surface area contributed by atoms with Gasteiger partial charge in [-0.15, -0.1) is 0 Å². The maximum Gasteiger partial charge on any atom is 0.167 e. The predicted molar refractivity (Wildman–Crippen MR) is 91.3 cm³/mol. The van der Waals surface area contributed by atoms with Gasteiger partial charge in [0.1, 0.15) is 11.9 Å². The number of pyridine rings is 1. The van der Waals surface area contributed by atoms with Gasteiger partial charge in [0, 0.05) is 37.9 Å². The Hall–Kier alpha value is -2.52. The number of ether oxygens (including phenoxy) is 1. The number of hydrogen-bond acceptors (Lipinski definition) is 5. The highest BCUT2D eigenvalue weighted by atomic mass is 35.5. The van der Waals surface area contributed by atoms with Crippen molar-refractivity contribution < 1.29 is 9.13 Å². The first-order chi connectivity index (χ1) is 11.6. The van der Waals surface area contributed by atoms with E-state index in [2.05, 4.69) is 14.8 Å². The highest BCUT2D eigenvalue weighted by molar-refractivity contribution is 6.31. The summed E-state index contributed by atoms with van der Waals surface area (Å²) >= 11 is 5.92. The van der Waals surface area contributed by atoms with Gasteiger partial charge in [0.15, 0.2) is 17.3 Å². The lowest BCUT2D eigenvalue weighted by Gasteiger charge is -2.36. The van der Waals surface area contributed by atoms with Crippen molar-refractivity contribution in [3.05, 3.63) is 46.9 Å². The topological polar surface area (TPSA) is 52.4 Å². The lowest BCUT2D eigenvalue weighted by molar-refractivity contribution is 0.386. The zero-order chi connectivity index (χ0) is 17.1. The maximum atomic E-state index is 13.9. The Morgan fingerprint density at radius 2 is 1.88 bits per heavy atom. The van der Waals surface area contributed by atoms with E-state index in [0.29, 0.717) is 5.02 Å². The molecule has 1 fully saturated rings. The van der Waals surface area contributed by atoms with Crippen LogP contribution in [0.25, 0.3) is 0 Å². The van der Waals surface area contributed by atoms with Crippen molar-refractivity contribution in [1.82, 2.24) is 4.98 Å². The van der Waals surface area contributed by atoms with Crippen molar-refractivity contribution in [2.45, 2.75) is 0 Å². The number of anilines is 2. The molecule has 1 aliphatic heterocycles. The molecule has 0 aliphatic carbocycles. The van der Waals surface area contributed by atoms with Crippen molar-refractivity contribution in [2.75, 3.05) is 43.1 Å². The molecule has 0 spiro atoms. The number of halogens is 2. The van der Waals surface area contributed by atoms with E-state index >= 15 is 0 Å². The molecule has 0 N–H and O–H groups in total. The average molecular weight is 347 g/mol. The quantitative estimate of drug-likeness (QED) is 0.855. The van der Waals surface area contributed by atoms with Crippen LogP contribution < -0.4 is 14.5 Å². The number of aromatic nitrogens is 1. The SMILES string of the molecule is COc1ccc(N2CCN(c3ccc(Cl)c(C#N)n3)CC2)cc1F. The lowest BCUT2D eigenvalue weighted by Crippen LogP contribution is -2.46. The summed E-state index contributed by atoms with van der Waals surface area (Å²) in [7, 11) is 1.45. The minimum Gasteiger partial charge on any atom is -0.494 e. The number of nitrogens with zero attached hydrogens (tertiary/aromatic N) is 4. The molecule has 2 heterocycles. The first-order valence-corrected chi connectivity index (χ1v) is 7.90. The minimum absolute atomic E-state index is 0.230. The molecule has 0 atom stereocenters. The van der Waals surface area contributed by atoms with Crippen molar-refractivity contribution >= 4 is 23.1 Å². The van der Waals surface area contributed by atoms with Crippen molar-refractivity contribution in [1.29, 1.82) is 5.26 Å². The molecule has 0 bridgehead atoms. The van der Waals surface area contributed by atoms with Crippen molar-refractivity contribution in [3.8, 4) is 11.8 Å². The van der Waals surface area contributed by atoms with E-state index < -0.39 is 0 Å². The Kier molecular flexibility index (Phi) is 4.72. The molecular weight excluding hydrogens is 331 g/mol. The summed E-state index contributed by atoms with van der Waals surface area (Å²) in [5.41, 5.74) is 1.06. The van der Waals surface area contributed by atoms with Crippen LogP contribution in [0, 0.1) is 17.1 Å². The Morgan fingerprint density at radius 1 is 1.17 bits per heavy atom. The average Bonchev–Trinajstić information content (AvgIpc) is 2.62. The van der Waals surface area contributed by atoms with Crippen LogP contribution in [0.3, 0.4) is 0 Å².